The van der Waals surface area contributed by atoms with Crippen LogP contribution >= 0.6 is 11.6 Å². The molecule has 44 heavy (non-hydrogen) atoms. The highest BCUT2D eigenvalue weighted by Crippen LogP contribution is 2.43. The summed E-state index contributed by atoms with van der Waals surface area (Å²) in [6, 6.07) is 25.6. The molecule has 2 saturated heterocycles. The molecular formula is C36H37ClN4O3. The van der Waals surface area contributed by atoms with E-state index in [9.17, 15) is 9.59 Å². The van der Waals surface area contributed by atoms with E-state index in [0.29, 0.717) is 34.6 Å². The number of carbonyl (C=O) groups excluding carboxylic acids is 2. The van der Waals surface area contributed by atoms with E-state index >= 15 is 0 Å². The molecule has 226 valence electrons. The van der Waals surface area contributed by atoms with Gasteiger partial charge in [-0.25, -0.2) is 0 Å². The van der Waals surface area contributed by atoms with Crippen LogP contribution in [0.5, 0.6) is 5.75 Å². The number of hydrogen-bond acceptors (Lipinski definition) is 5. The molecule has 3 aliphatic heterocycles. The Morgan fingerprint density at radius 3 is 2.52 bits per heavy atom. The first-order valence-electron chi connectivity index (χ1n) is 15.5. The Bertz CT molecular complexity index is 1690. The summed E-state index contributed by atoms with van der Waals surface area (Å²) < 4.78 is 7.92. The molecule has 0 aliphatic carbocycles. The van der Waals surface area contributed by atoms with Crippen LogP contribution in [0.3, 0.4) is 0 Å². The fourth-order valence-corrected chi connectivity index (χ4v) is 7.61. The van der Waals surface area contributed by atoms with E-state index in [1.165, 1.54) is 12.8 Å². The highest BCUT2D eigenvalue weighted by molar-refractivity contribution is 6.33. The Labute approximate surface area is 263 Å². The van der Waals surface area contributed by atoms with Crippen molar-refractivity contribution in [2.24, 2.45) is 0 Å². The van der Waals surface area contributed by atoms with Gasteiger partial charge in [0, 0.05) is 40.8 Å². The molecule has 0 saturated carbocycles. The number of rotatable bonds is 7. The first kappa shape index (κ1) is 28.8. The van der Waals surface area contributed by atoms with Crippen molar-refractivity contribution < 1.29 is 14.3 Å². The van der Waals surface area contributed by atoms with Crippen LogP contribution in [0.25, 0.3) is 11.1 Å². The first-order chi connectivity index (χ1) is 21.6. The summed E-state index contributed by atoms with van der Waals surface area (Å²) in [6.45, 7) is 4.65. The lowest BCUT2D eigenvalue weighted by Gasteiger charge is -2.41. The quantitative estimate of drug-likeness (QED) is 0.214. The molecule has 2 fully saturated rings. The molecule has 1 unspecified atom stereocenters. The third-order valence-electron chi connectivity index (χ3n) is 9.49. The molecule has 0 bridgehead atoms. The fourth-order valence-electron chi connectivity index (χ4n) is 7.37. The van der Waals surface area contributed by atoms with Crippen molar-refractivity contribution in [1.82, 2.24) is 14.4 Å². The Morgan fingerprint density at radius 2 is 1.73 bits per heavy atom. The molecule has 0 spiro atoms. The number of halogens is 1. The van der Waals surface area contributed by atoms with E-state index in [4.69, 9.17) is 16.3 Å². The lowest BCUT2D eigenvalue weighted by atomic mass is 10.0. The van der Waals surface area contributed by atoms with Crippen molar-refractivity contribution in [3.05, 3.63) is 106 Å². The molecule has 7 nitrogen and oxygen atoms in total. The van der Waals surface area contributed by atoms with Crippen LogP contribution in [-0.4, -0.2) is 65.9 Å². The van der Waals surface area contributed by atoms with E-state index in [-0.39, 0.29) is 12.1 Å². The van der Waals surface area contributed by atoms with Gasteiger partial charge in [0.1, 0.15) is 11.9 Å². The molecule has 7 rings (SSSR count). The van der Waals surface area contributed by atoms with Gasteiger partial charge in [-0.2, -0.15) is 0 Å². The van der Waals surface area contributed by atoms with Gasteiger partial charge in [0.15, 0.2) is 6.29 Å². The summed E-state index contributed by atoms with van der Waals surface area (Å²) in [5, 5.41) is 0.621. The SMILES string of the molecule is COc1cc(C(=O)N2c3ccccc3Cn3c(C=O)ccc3C2N2CCC[C@H]2CN2CCCC2)ccc1-c1ccccc1Cl. The minimum atomic E-state index is -0.371. The number of ether oxygens (including phenoxy) is 1. The number of aromatic nitrogens is 1. The largest absolute Gasteiger partial charge is 0.496 e. The fraction of sp³-hybridized carbons (Fsp3) is 0.333. The number of carbonyl (C=O) groups is 2. The number of anilines is 1. The van der Waals surface area contributed by atoms with E-state index < -0.39 is 0 Å². The molecule has 4 aromatic rings. The molecule has 0 radical (unpaired) electrons. The predicted molar refractivity (Wildman–Crippen MR) is 174 cm³/mol. The van der Waals surface area contributed by atoms with Gasteiger partial charge in [-0.3, -0.25) is 19.4 Å². The van der Waals surface area contributed by atoms with Gasteiger partial charge in [-0.1, -0.05) is 48.0 Å². The third-order valence-corrected chi connectivity index (χ3v) is 9.82. The third kappa shape index (κ3) is 5.13. The standard InChI is InChI=1S/C36H37ClN4O3/c1-44-34-21-25(14-16-30(34)29-11-3-4-12-31(29)37)36(43)41-32-13-5-2-9-26(32)22-40-28(24-42)15-17-33(40)35(41)39-20-8-10-27(39)23-38-18-6-7-19-38/h2-5,9,11-17,21,24,27,35H,6-8,10,18-20,22-23H2,1H3/t27-,35?/m0/s1. The van der Waals surface area contributed by atoms with Crippen LogP contribution in [0.4, 0.5) is 5.69 Å². The number of methoxy groups -OCH3 is 1. The van der Waals surface area contributed by atoms with Crippen LogP contribution < -0.4 is 9.64 Å². The van der Waals surface area contributed by atoms with Gasteiger partial charge < -0.3 is 14.2 Å². The lowest BCUT2D eigenvalue weighted by Crippen LogP contribution is -2.49. The molecule has 1 aromatic heterocycles. The summed E-state index contributed by atoms with van der Waals surface area (Å²) in [5.74, 6) is 0.476. The normalized spacial score (nSPS) is 20.3. The predicted octanol–water partition coefficient (Wildman–Crippen LogP) is 6.90. The highest BCUT2D eigenvalue weighted by atomic mass is 35.5. The Morgan fingerprint density at radius 1 is 0.932 bits per heavy atom. The lowest BCUT2D eigenvalue weighted by molar-refractivity contribution is 0.0880. The number of para-hydroxylation sites is 1. The van der Waals surface area contributed by atoms with Gasteiger partial charge in [0.2, 0.25) is 0 Å². The molecule has 0 N–H and O–H groups in total. The monoisotopic (exact) mass is 608 g/mol. The molecule has 3 aromatic carbocycles. The van der Waals surface area contributed by atoms with Gasteiger partial charge in [0.25, 0.3) is 5.91 Å². The summed E-state index contributed by atoms with van der Waals surface area (Å²) in [6.07, 6.45) is 5.19. The topological polar surface area (TPSA) is 58.0 Å². The van der Waals surface area contributed by atoms with Crippen LogP contribution in [0.2, 0.25) is 5.02 Å². The van der Waals surface area contributed by atoms with E-state index in [1.807, 2.05) is 77.7 Å². The van der Waals surface area contributed by atoms with E-state index in [0.717, 1.165) is 73.4 Å². The minimum Gasteiger partial charge on any atom is -0.496 e. The molecule has 2 atom stereocenters. The van der Waals surface area contributed by atoms with Gasteiger partial charge in [-0.15, -0.1) is 0 Å². The first-order valence-corrected chi connectivity index (χ1v) is 15.9. The van der Waals surface area contributed by atoms with E-state index in [2.05, 4.69) is 20.4 Å². The molecule has 8 heteroatoms. The van der Waals surface area contributed by atoms with Crippen LogP contribution in [0.15, 0.2) is 78.9 Å². The van der Waals surface area contributed by atoms with Gasteiger partial charge in [-0.05, 0) is 86.8 Å². The second-order valence-corrected chi connectivity index (χ2v) is 12.4. The summed E-state index contributed by atoms with van der Waals surface area (Å²) in [5.41, 5.74) is 5.66. The minimum absolute atomic E-state index is 0.111. The zero-order valence-electron chi connectivity index (χ0n) is 25.0. The van der Waals surface area contributed by atoms with Gasteiger partial charge in [0.05, 0.1) is 30.7 Å². The van der Waals surface area contributed by atoms with Crippen LogP contribution in [-0.2, 0) is 6.54 Å². The smallest absolute Gasteiger partial charge is 0.260 e. The van der Waals surface area contributed by atoms with Crippen molar-refractivity contribution in [1.29, 1.82) is 0 Å². The van der Waals surface area contributed by atoms with E-state index in [1.54, 1.807) is 7.11 Å². The maximum Gasteiger partial charge on any atom is 0.260 e. The maximum atomic E-state index is 14.9. The van der Waals surface area contributed by atoms with Crippen molar-refractivity contribution in [3.63, 3.8) is 0 Å². The summed E-state index contributed by atoms with van der Waals surface area (Å²) >= 11 is 6.55. The summed E-state index contributed by atoms with van der Waals surface area (Å²) in [7, 11) is 1.62. The molecule has 3 aliphatic rings. The van der Waals surface area contributed by atoms with Crippen molar-refractivity contribution in [3.8, 4) is 16.9 Å². The number of hydrogen-bond donors (Lipinski definition) is 0. The number of nitrogens with zero attached hydrogens (tertiary/aromatic N) is 4. The average molecular weight is 609 g/mol. The highest BCUT2D eigenvalue weighted by Gasteiger charge is 2.42. The number of benzene rings is 3. The average Bonchev–Trinajstić information content (AvgIpc) is 3.81. The molecule has 4 heterocycles. The second-order valence-electron chi connectivity index (χ2n) is 12.0. The molecule has 1 amide bonds. The maximum absolute atomic E-state index is 14.9. The number of fused-ring (bicyclic) bond motifs is 2. The second kappa shape index (κ2) is 12.2. The van der Waals surface area contributed by atoms with Crippen molar-refractivity contribution >= 4 is 29.5 Å². The Hall–Kier alpha value is -3.91. The van der Waals surface area contributed by atoms with Crippen LogP contribution in [0.1, 0.15) is 64.0 Å². The van der Waals surface area contributed by atoms with Crippen molar-refractivity contribution in [2.75, 3.05) is 38.2 Å². The summed E-state index contributed by atoms with van der Waals surface area (Å²) in [4.78, 5) is 34.2. The number of amides is 1. The van der Waals surface area contributed by atoms with Crippen LogP contribution in [0, 0.1) is 0 Å². The molecular weight excluding hydrogens is 572 g/mol. The number of likely N-dealkylation sites (tertiary alicyclic amines) is 2. The Kier molecular flexibility index (Phi) is 8.02. The van der Waals surface area contributed by atoms with Gasteiger partial charge >= 0.3 is 0 Å². The zero-order chi connectivity index (χ0) is 30.2. The zero-order valence-corrected chi connectivity index (χ0v) is 25.7. The Balaban J connectivity index is 1.36. The number of aldehydes is 1. The van der Waals surface area contributed by atoms with Crippen molar-refractivity contribution in [2.45, 2.75) is 44.4 Å².